The van der Waals surface area contributed by atoms with Gasteiger partial charge in [0.2, 0.25) is 17.6 Å². The van der Waals surface area contributed by atoms with Crippen molar-refractivity contribution in [3.8, 4) is 17.1 Å². The summed E-state index contributed by atoms with van der Waals surface area (Å²) in [4.78, 5) is 19.0. The average Bonchev–Trinajstić information content (AvgIpc) is 3.33. The van der Waals surface area contributed by atoms with Gasteiger partial charge in [-0.25, -0.2) is 4.39 Å². The van der Waals surface area contributed by atoms with Gasteiger partial charge in [-0.05, 0) is 68.1 Å². The molecular formula is C26H31FN4O3. The number of piperidine rings is 1. The van der Waals surface area contributed by atoms with E-state index in [1.807, 2.05) is 12.1 Å². The number of methoxy groups -OCH3 is 1. The van der Waals surface area contributed by atoms with Crippen molar-refractivity contribution in [1.82, 2.24) is 20.4 Å². The number of aromatic nitrogens is 2. The van der Waals surface area contributed by atoms with E-state index in [1.54, 1.807) is 26.2 Å². The molecule has 1 aromatic heterocycles. The minimum absolute atomic E-state index is 0.0261. The summed E-state index contributed by atoms with van der Waals surface area (Å²) in [5.41, 5.74) is 2.40. The molecule has 0 unspecified atom stereocenters. The molecule has 180 valence electrons. The standard InChI is InChI=1S/C26H31FN4O3/c1-18-3-6-21(15-23(18)27)26-29-25(34-30-26)10-9-24(32)28-16-19-11-13-31(14-12-19)17-20-4-7-22(33-2)8-5-20/h3-8,15,19H,9-14,16-17H2,1-2H3,(H,28,32). The molecule has 0 bridgehead atoms. The van der Waals surface area contributed by atoms with Crippen molar-refractivity contribution >= 4 is 5.91 Å². The van der Waals surface area contributed by atoms with Gasteiger partial charge < -0.3 is 14.6 Å². The number of carbonyl (C=O) groups is 1. The third-order valence-corrected chi connectivity index (χ3v) is 6.32. The normalized spacial score (nSPS) is 14.8. The van der Waals surface area contributed by atoms with Crippen LogP contribution in [0.5, 0.6) is 5.75 Å². The van der Waals surface area contributed by atoms with Crippen molar-refractivity contribution < 1.29 is 18.4 Å². The highest BCUT2D eigenvalue weighted by Crippen LogP contribution is 2.21. The number of hydrogen-bond acceptors (Lipinski definition) is 6. The van der Waals surface area contributed by atoms with Crippen LogP contribution in [0.1, 0.15) is 36.3 Å². The molecule has 34 heavy (non-hydrogen) atoms. The van der Waals surface area contributed by atoms with Gasteiger partial charge in [0.15, 0.2) is 0 Å². The van der Waals surface area contributed by atoms with Gasteiger partial charge in [0, 0.05) is 31.5 Å². The van der Waals surface area contributed by atoms with Crippen molar-refractivity contribution in [3.05, 3.63) is 65.3 Å². The van der Waals surface area contributed by atoms with E-state index in [9.17, 15) is 9.18 Å². The van der Waals surface area contributed by atoms with Gasteiger partial charge in [-0.2, -0.15) is 4.98 Å². The molecule has 2 heterocycles. The summed E-state index contributed by atoms with van der Waals surface area (Å²) >= 11 is 0. The first kappa shape index (κ1) is 23.9. The SMILES string of the molecule is COc1ccc(CN2CCC(CNC(=O)CCc3nc(-c4ccc(C)c(F)c4)no3)CC2)cc1. The van der Waals surface area contributed by atoms with E-state index in [1.165, 1.54) is 11.6 Å². The molecule has 0 atom stereocenters. The third-order valence-electron chi connectivity index (χ3n) is 6.32. The second-order valence-corrected chi connectivity index (χ2v) is 8.85. The summed E-state index contributed by atoms with van der Waals surface area (Å²) in [6, 6.07) is 13.0. The smallest absolute Gasteiger partial charge is 0.227 e. The minimum atomic E-state index is -0.310. The first-order chi connectivity index (χ1) is 16.5. The van der Waals surface area contributed by atoms with Gasteiger partial charge in [0.25, 0.3) is 0 Å². The lowest BCUT2D eigenvalue weighted by molar-refractivity contribution is -0.121. The van der Waals surface area contributed by atoms with Crippen LogP contribution in [0.2, 0.25) is 0 Å². The summed E-state index contributed by atoms with van der Waals surface area (Å²) in [7, 11) is 1.68. The Morgan fingerprint density at radius 1 is 1.21 bits per heavy atom. The number of ether oxygens (including phenoxy) is 1. The van der Waals surface area contributed by atoms with Crippen LogP contribution in [0.25, 0.3) is 11.4 Å². The molecule has 8 heteroatoms. The molecule has 0 aliphatic carbocycles. The lowest BCUT2D eigenvalue weighted by Crippen LogP contribution is -2.38. The number of hydrogen-bond donors (Lipinski definition) is 1. The van der Waals surface area contributed by atoms with Gasteiger partial charge in [-0.3, -0.25) is 9.69 Å². The number of aryl methyl sites for hydroxylation is 2. The predicted molar refractivity (Wildman–Crippen MR) is 127 cm³/mol. The summed E-state index contributed by atoms with van der Waals surface area (Å²) < 4.78 is 24.2. The Morgan fingerprint density at radius 2 is 1.97 bits per heavy atom. The molecule has 1 N–H and O–H groups in total. The molecule has 1 fully saturated rings. The van der Waals surface area contributed by atoms with Gasteiger partial charge in [0.05, 0.1) is 7.11 Å². The van der Waals surface area contributed by atoms with Crippen LogP contribution in [0.3, 0.4) is 0 Å². The lowest BCUT2D eigenvalue weighted by atomic mass is 9.96. The fourth-order valence-corrected chi connectivity index (χ4v) is 4.11. The number of halogens is 1. The molecule has 0 saturated carbocycles. The highest BCUT2D eigenvalue weighted by atomic mass is 19.1. The second kappa shape index (κ2) is 11.2. The van der Waals surface area contributed by atoms with Crippen LogP contribution in [0, 0.1) is 18.7 Å². The van der Waals surface area contributed by atoms with E-state index < -0.39 is 0 Å². The first-order valence-corrected chi connectivity index (χ1v) is 11.7. The minimum Gasteiger partial charge on any atom is -0.497 e. The predicted octanol–water partition coefficient (Wildman–Crippen LogP) is 4.15. The highest BCUT2D eigenvalue weighted by Gasteiger charge is 2.20. The molecule has 4 rings (SSSR count). The zero-order valence-corrected chi connectivity index (χ0v) is 19.7. The maximum absolute atomic E-state index is 13.8. The first-order valence-electron chi connectivity index (χ1n) is 11.7. The van der Waals surface area contributed by atoms with Crippen LogP contribution < -0.4 is 10.1 Å². The molecular weight excluding hydrogens is 435 g/mol. The van der Waals surface area contributed by atoms with E-state index in [2.05, 4.69) is 32.5 Å². The summed E-state index contributed by atoms with van der Waals surface area (Å²) in [6.45, 7) is 5.37. The van der Waals surface area contributed by atoms with Crippen LogP contribution in [-0.4, -0.2) is 47.7 Å². The summed E-state index contributed by atoms with van der Waals surface area (Å²) in [6.07, 6.45) is 2.76. The van der Waals surface area contributed by atoms with E-state index in [-0.39, 0.29) is 18.1 Å². The van der Waals surface area contributed by atoms with Crippen LogP contribution in [0.15, 0.2) is 47.0 Å². The molecule has 3 aromatic rings. The number of amides is 1. The van der Waals surface area contributed by atoms with Gasteiger partial charge >= 0.3 is 0 Å². The van der Waals surface area contributed by atoms with E-state index in [0.717, 1.165) is 38.2 Å². The average molecular weight is 467 g/mol. The molecule has 2 aromatic carbocycles. The third kappa shape index (κ3) is 6.41. The Morgan fingerprint density at radius 3 is 2.68 bits per heavy atom. The monoisotopic (exact) mass is 466 g/mol. The number of rotatable bonds is 9. The fraction of sp³-hybridized carbons (Fsp3) is 0.423. The Kier molecular flexibility index (Phi) is 7.90. The molecule has 1 aliphatic rings. The van der Waals surface area contributed by atoms with E-state index in [0.29, 0.717) is 41.7 Å². The largest absolute Gasteiger partial charge is 0.497 e. The number of nitrogens with one attached hydrogen (secondary N) is 1. The van der Waals surface area contributed by atoms with Crippen LogP contribution in [-0.2, 0) is 17.8 Å². The van der Waals surface area contributed by atoms with Crippen LogP contribution >= 0.6 is 0 Å². The molecule has 1 amide bonds. The number of nitrogens with zero attached hydrogens (tertiary/aromatic N) is 3. The lowest BCUT2D eigenvalue weighted by Gasteiger charge is -2.32. The topological polar surface area (TPSA) is 80.5 Å². The van der Waals surface area contributed by atoms with Crippen molar-refractivity contribution in [2.24, 2.45) is 5.92 Å². The molecule has 7 nitrogen and oxygen atoms in total. The van der Waals surface area contributed by atoms with Gasteiger partial charge in [-0.15, -0.1) is 0 Å². The Labute approximate surface area is 199 Å². The number of carbonyl (C=O) groups excluding carboxylic acids is 1. The maximum atomic E-state index is 13.8. The van der Waals surface area contributed by atoms with Crippen molar-refractivity contribution in [3.63, 3.8) is 0 Å². The second-order valence-electron chi connectivity index (χ2n) is 8.85. The van der Waals surface area contributed by atoms with Crippen molar-refractivity contribution in [2.75, 3.05) is 26.7 Å². The summed E-state index contributed by atoms with van der Waals surface area (Å²) in [5.74, 6) is 1.73. The van der Waals surface area contributed by atoms with E-state index >= 15 is 0 Å². The zero-order valence-electron chi connectivity index (χ0n) is 19.7. The van der Waals surface area contributed by atoms with Gasteiger partial charge in [-0.1, -0.05) is 29.4 Å². The fourth-order valence-electron chi connectivity index (χ4n) is 4.11. The quantitative estimate of drug-likeness (QED) is 0.510. The Balaban J connectivity index is 1.15. The zero-order chi connectivity index (χ0) is 23.9. The number of likely N-dealkylation sites (tertiary alicyclic amines) is 1. The maximum Gasteiger partial charge on any atom is 0.227 e. The molecule has 0 radical (unpaired) electrons. The van der Waals surface area contributed by atoms with Crippen molar-refractivity contribution in [2.45, 2.75) is 39.2 Å². The van der Waals surface area contributed by atoms with Gasteiger partial charge in [0.1, 0.15) is 11.6 Å². The number of benzene rings is 2. The highest BCUT2D eigenvalue weighted by molar-refractivity contribution is 5.76. The van der Waals surface area contributed by atoms with Crippen molar-refractivity contribution in [1.29, 1.82) is 0 Å². The molecule has 0 spiro atoms. The Hall–Kier alpha value is -3.26. The van der Waals surface area contributed by atoms with Crippen LogP contribution in [0.4, 0.5) is 4.39 Å². The molecule has 1 saturated heterocycles. The molecule has 1 aliphatic heterocycles. The Bertz CT molecular complexity index is 1090. The van der Waals surface area contributed by atoms with E-state index in [4.69, 9.17) is 9.26 Å². The summed E-state index contributed by atoms with van der Waals surface area (Å²) in [5, 5.41) is 6.95.